The molecule has 1 atom stereocenters. The smallest absolute Gasteiger partial charge is 0.416 e. The van der Waals surface area contributed by atoms with Crippen LogP contribution in [0.15, 0.2) is 24.3 Å². The molecule has 44 heavy (non-hydrogen) atoms. The number of halogens is 3. The number of nitrogens with two attached hydrogens (primary N) is 1. The standard InChI is InChI=1S/C30H39F3N6O5/c1-17(2)25(36-28(41)44-29(4,5)6)27(40)43-16-22-23(14-19-8-7-9-20(18(19)3)30(31,32)33)39-26(35-22)21(34)15-24(37-39)38-10-12-42-13-11-38/h7-9,15,17,25H,10-14,16,34H2,1-6H3,(H,36,41). The molecule has 11 nitrogen and oxygen atoms in total. The van der Waals surface area contributed by atoms with Gasteiger partial charge in [-0.3, -0.25) is 0 Å². The summed E-state index contributed by atoms with van der Waals surface area (Å²) >= 11 is 0. The Balaban J connectivity index is 1.71. The highest BCUT2D eigenvalue weighted by Gasteiger charge is 2.33. The zero-order chi connectivity index (χ0) is 32.4. The van der Waals surface area contributed by atoms with Gasteiger partial charge in [-0.25, -0.2) is 19.1 Å². The Bertz CT molecular complexity index is 1510. The Morgan fingerprint density at radius 3 is 2.45 bits per heavy atom. The van der Waals surface area contributed by atoms with E-state index in [2.05, 4.69) is 10.3 Å². The molecule has 0 radical (unpaired) electrons. The molecule has 3 N–H and O–H groups in total. The third-order valence-electron chi connectivity index (χ3n) is 7.16. The van der Waals surface area contributed by atoms with Crippen molar-refractivity contribution < 1.29 is 37.0 Å². The SMILES string of the molecule is Cc1c(Cc2c(COC(=O)C(NC(=O)OC(C)(C)C)C(C)C)nc3c(N)cc(N4CCOCC4)nn23)cccc1C(F)(F)F. The van der Waals surface area contributed by atoms with Crippen LogP contribution in [-0.4, -0.2) is 64.6 Å². The number of benzene rings is 1. The van der Waals surface area contributed by atoms with Crippen molar-refractivity contribution in [3.8, 4) is 0 Å². The minimum absolute atomic E-state index is 0.00652. The van der Waals surface area contributed by atoms with Crippen molar-refractivity contribution in [2.45, 2.75) is 72.4 Å². The summed E-state index contributed by atoms with van der Waals surface area (Å²) in [6, 6.07) is 4.65. The fourth-order valence-corrected chi connectivity index (χ4v) is 4.88. The molecule has 1 aliphatic heterocycles. The number of amides is 1. The first-order valence-electron chi connectivity index (χ1n) is 14.4. The molecule has 2 aromatic heterocycles. The van der Waals surface area contributed by atoms with E-state index in [1.807, 2.05) is 4.90 Å². The maximum atomic E-state index is 13.7. The maximum absolute atomic E-state index is 13.7. The molecule has 1 aliphatic rings. The van der Waals surface area contributed by atoms with E-state index in [0.29, 0.717) is 49.1 Å². The maximum Gasteiger partial charge on any atom is 0.416 e. The van der Waals surface area contributed by atoms with Crippen molar-refractivity contribution >= 4 is 29.2 Å². The second-order valence-electron chi connectivity index (χ2n) is 12.0. The molecule has 3 aromatic rings. The number of carbonyl (C=O) groups is 2. The zero-order valence-corrected chi connectivity index (χ0v) is 25.7. The van der Waals surface area contributed by atoms with Crippen molar-refractivity contribution in [1.29, 1.82) is 0 Å². The molecule has 1 amide bonds. The van der Waals surface area contributed by atoms with Gasteiger partial charge >= 0.3 is 18.2 Å². The number of anilines is 2. The molecular formula is C30H39F3N6O5. The Morgan fingerprint density at radius 1 is 1.16 bits per heavy atom. The van der Waals surface area contributed by atoms with Crippen LogP contribution >= 0.6 is 0 Å². The Hall–Kier alpha value is -4.07. The van der Waals surface area contributed by atoms with Gasteiger partial charge in [-0.1, -0.05) is 26.0 Å². The summed E-state index contributed by atoms with van der Waals surface area (Å²) in [6.45, 7) is 11.9. The van der Waals surface area contributed by atoms with Gasteiger partial charge in [-0.15, -0.1) is 5.10 Å². The topological polar surface area (TPSA) is 133 Å². The molecule has 4 rings (SSSR count). The monoisotopic (exact) mass is 620 g/mol. The number of ether oxygens (including phenoxy) is 3. The van der Waals surface area contributed by atoms with Gasteiger partial charge in [0.05, 0.1) is 30.2 Å². The second kappa shape index (κ2) is 12.9. The molecule has 1 aromatic carbocycles. The highest BCUT2D eigenvalue weighted by Crippen LogP contribution is 2.34. The molecule has 0 spiro atoms. The predicted molar refractivity (Wildman–Crippen MR) is 157 cm³/mol. The van der Waals surface area contributed by atoms with Gasteiger partial charge in [-0.05, 0) is 50.8 Å². The molecule has 240 valence electrons. The van der Waals surface area contributed by atoms with Crippen LogP contribution in [0.25, 0.3) is 5.65 Å². The number of alkyl halides is 3. The molecule has 1 unspecified atom stereocenters. The van der Waals surface area contributed by atoms with Crippen molar-refractivity contribution in [3.05, 3.63) is 52.3 Å². The quantitative estimate of drug-likeness (QED) is 0.345. The minimum Gasteiger partial charge on any atom is -0.458 e. The largest absolute Gasteiger partial charge is 0.458 e. The molecule has 0 bridgehead atoms. The Kier molecular flexibility index (Phi) is 9.62. The molecule has 0 aliphatic carbocycles. The fourth-order valence-electron chi connectivity index (χ4n) is 4.88. The molecule has 14 heteroatoms. The van der Waals surface area contributed by atoms with E-state index in [1.165, 1.54) is 17.5 Å². The molecular weight excluding hydrogens is 581 g/mol. The first-order valence-corrected chi connectivity index (χ1v) is 14.4. The van der Waals surface area contributed by atoms with Gasteiger partial charge in [0.2, 0.25) is 0 Å². The Morgan fingerprint density at radius 2 is 1.84 bits per heavy atom. The molecule has 1 saturated heterocycles. The number of esters is 1. The summed E-state index contributed by atoms with van der Waals surface area (Å²) in [5.41, 5.74) is 6.62. The van der Waals surface area contributed by atoms with Crippen molar-refractivity contribution in [2.24, 2.45) is 5.92 Å². The number of alkyl carbamates (subject to hydrolysis) is 1. The number of nitrogen functional groups attached to an aromatic ring is 1. The highest BCUT2D eigenvalue weighted by atomic mass is 19.4. The molecule has 3 heterocycles. The van der Waals surface area contributed by atoms with Crippen LogP contribution in [-0.2, 0) is 38.2 Å². The lowest BCUT2D eigenvalue weighted by molar-refractivity contribution is -0.148. The summed E-state index contributed by atoms with van der Waals surface area (Å²) in [5.74, 6) is -0.501. The van der Waals surface area contributed by atoms with Crippen molar-refractivity contribution in [3.63, 3.8) is 0 Å². The van der Waals surface area contributed by atoms with Gasteiger partial charge in [0, 0.05) is 25.6 Å². The van der Waals surface area contributed by atoms with Crippen LogP contribution in [0.5, 0.6) is 0 Å². The average Bonchev–Trinajstić information content (AvgIpc) is 3.27. The van der Waals surface area contributed by atoms with Crippen LogP contribution in [0.3, 0.4) is 0 Å². The number of nitrogens with one attached hydrogen (secondary N) is 1. The lowest BCUT2D eigenvalue weighted by Crippen LogP contribution is -2.47. The fraction of sp³-hybridized carbons (Fsp3) is 0.533. The Labute approximate surface area is 253 Å². The van der Waals surface area contributed by atoms with Crippen LogP contribution in [0.1, 0.15) is 62.7 Å². The van der Waals surface area contributed by atoms with E-state index >= 15 is 0 Å². The number of fused-ring (bicyclic) bond motifs is 1. The van der Waals surface area contributed by atoms with Gasteiger partial charge in [0.15, 0.2) is 11.5 Å². The summed E-state index contributed by atoms with van der Waals surface area (Å²) in [5, 5.41) is 7.30. The lowest BCUT2D eigenvalue weighted by atomic mass is 9.98. The number of aromatic nitrogens is 3. The predicted octanol–water partition coefficient (Wildman–Crippen LogP) is 4.66. The van der Waals surface area contributed by atoms with E-state index in [9.17, 15) is 22.8 Å². The van der Waals surface area contributed by atoms with Gasteiger partial charge < -0.3 is 30.2 Å². The van der Waals surface area contributed by atoms with Gasteiger partial charge in [0.1, 0.15) is 23.9 Å². The third kappa shape index (κ3) is 7.71. The second-order valence-corrected chi connectivity index (χ2v) is 12.0. The first-order chi connectivity index (χ1) is 20.5. The molecule has 1 fully saturated rings. The van der Waals surface area contributed by atoms with Crippen LogP contribution < -0.4 is 16.0 Å². The average molecular weight is 621 g/mol. The first kappa shape index (κ1) is 32.8. The third-order valence-corrected chi connectivity index (χ3v) is 7.16. The number of hydrogen-bond acceptors (Lipinski definition) is 9. The molecule has 0 saturated carbocycles. The van der Waals surface area contributed by atoms with E-state index < -0.39 is 35.4 Å². The van der Waals surface area contributed by atoms with Crippen LogP contribution in [0.2, 0.25) is 0 Å². The lowest BCUT2D eigenvalue weighted by Gasteiger charge is -2.27. The minimum atomic E-state index is -4.53. The van der Waals surface area contributed by atoms with Crippen LogP contribution in [0, 0.1) is 12.8 Å². The van der Waals surface area contributed by atoms with E-state index in [-0.39, 0.29) is 35.9 Å². The van der Waals surface area contributed by atoms with Gasteiger partial charge in [0.25, 0.3) is 0 Å². The van der Waals surface area contributed by atoms with Crippen molar-refractivity contribution in [2.75, 3.05) is 36.9 Å². The highest BCUT2D eigenvalue weighted by molar-refractivity contribution is 5.81. The number of carbonyl (C=O) groups excluding carboxylic acids is 2. The number of rotatable bonds is 8. The summed E-state index contributed by atoms with van der Waals surface area (Å²) in [7, 11) is 0. The zero-order valence-electron chi connectivity index (χ0n) is 25.7. The number of nitrogens with zero attached hydrogens (tertiary/aromatic N) is 4. The number of morpholine rings is 1. The number of imidazole rings is 1. The van der Waals surface area contributed by atoms with E-state index in [0.717, 1.165) is 6.07 Å². The summed E-state index contributed by atoms with van der Waals surface area (Å²) in [4.78, 5) is 32.2. The summed E-state index contributed by atoms with van der Waals surface area (Å²) in [6.07, 6.45) is -5.29. The van der Waals surface area contributed by atoms with Crippen LogP contribution in [0.4, 0.5) is 29.5 Å². The van der Waals surface area contributed by atoms with Gasteiger partial charge in [-0.2, -0.15) is 13.2 Å². The van der Waals surface area contributed by atoms with E-state index in [1.54, 1.807) is 46.8 Å². The normalized spacial score (nSPS) is 15.0. The van der Waals surface area contributed by atoms with E-state index in [4.69, 9.17) is 25.0 Å². The van der Waals surface area contributed by atoms with Crippen molar-refractivity contribution in [1.82, 2.24) is 19.9 Å². The number of hydrogen-bond donors (Lipinski definition) is 2. The summed E-state index contributed by atoms with van der Waals surface area (Å²) < 4.78 is 59.0.